The van der Waals surface area contributed by atoms with Crippen LogP contribution >= 0.6 is 11.6 Å². The molecule has 1 aromatic carbocycles. The van der Waals surface area contributed by atoms with Gasteiger partial charge in [0.2, 0.25) is 0 Å². The molecule has 1 aromatic rings. The Morgan fingerprint density at radius 1 is 1.19 bits per heavy atom. The average Bonchev–Trinajstić information content (AvgIpc) is 2.15. The van der Waals surface area contributed by atoms with Gasteiger partial charge in [-0.25, -0.2) is 0 Å². The van der Waals surface area contributed by atoms with Gasteiger partial charge in [-0.15, -0.1) is 0 Å². The van der Waals surface area contributed by atoms with Gasteiger partial charge in [-0.1, -0.05) is 30.2 Å². The lowest BCUT2D eigenvalue weighted by atomic mass is 9.80. The third-order valence-electron chi connectivity index (χ3n) is 3.74. The number of halogens is 1. The van der Waals surface area contributed by atoms with Gasteiger partial charge in [0.15, 0.2) is 0 Å². The van der Waals surface area contributed by atoms with E-state index in [1.165, 1.54) is 24.8 Å². The van der Waals surface area contributed by atoms with Crippen molar-refractivity contribution in [2.45, 2.75) is 45.2 Å². The molecule has 16 heavy (non-hydrogen) atoms. The molecule has 88 valence electrons. The molecular formula is C14H20ClN. The van der Waals surface area contributed by atoms with Crippen LogP contribution in [0, 0.1) is 5.92 Å². The van der Waals surface area contributed by atoms with E-state index < -0.39 is 0 Å². The van der Waals surface area contributed by atoms with Crippen LogP contribution < -0.4 is 5.32 Å². The number of hydrogen-bond acceptors (Lipinski definition) is 1. The van der Waals surface area contributed by atoms with Crippen molar-refractivity contribution in [3.63, 3.8) is 0 Å². The molecule has 0 aliphatic heterocycles. The van der Waals surface area contributed by atoms with Gasteiger partial charge in [-0.3, -0.25) is 0 Å². The highest BCUT2D eigenvalue weighted by atomic mass is 35.5. The summed E-state index contributed by atoms with van der Waals surface area (Å²) >= 11 is 5.88. The van der Waals surface area contributed by atoms with E-state index in [0.29, 0.717) is 12.1 Å². The maximum absolute atomic E-state index is 5.88. The molecule has 2 atom stereocenters. The normalized spacial score (nSPS) is 20.2. The Morgan fingerprint density at radius 3 is 2.31 bits per heavy atom. The molecule has 0 radical (unpaired) electrons. The Bertz CT molecular complexity index is 329. The minimum atomic E-state index is 0.410. The Hall–Kier alpha value is -0.530. The van der Waals surface area contributed by atoms with Crippen molar-refractivity contribution >= 4 is 11.6 Å². The smallest absolute Gasteiger partial charge is 0.0406 e. The molecule has 0 amide bonds. The summed E-state index contributed by atoms with van der Waals surface area (Å²) in [5.41, 5.74) is 1.32. The minimum Gasteiger partial charge on any atom is -0.307 e. The molecule has 0 spiro atoms. The highest BCUT2D eigenvalue weighted by Crippen LogP contribution is 2.30. The van der Waals surface area contributed by atoms with Crippen LogP contribution in [0.1, 0.15) is 44.7 Å². The van der Waals surface area contributed by atoms with E-state index in [4.69, 9.17) is 11.6 Å². The SMILES string of the molecule is CC(NC(C)C1CCC1)c1ccc(Cl)cc1. The van der Waals surface area contributed by atoms with E-state index in [9.17, 15) is 0 Å². The van der Waals surface area contributed by atoms with Crippen LogP contribution in [-0.4, -0.2) is 6.04 Å². The van der Waals surface area contributed by atoms with Crippen LogP contribution in [0.5, 0.6) is 0 Å². The molecule has 1 aliphatic rings. The van der Waals surface area contributed by atoms with E-state index in [2.05, 4.69) is 31.3 Å². The molecule has 1 fully saturated rings. The standard InChI is InChI=1S/C14H20ClN/c1-10(12-4-3-5-12)16-11(2)13-6-8-14(15)9-7-13/h6-12,16H,3-5H2,1-2H3. The van der Waals surface area contributed by atoms with Crippen molar-refractivity contribution in [2.24, 2.45) is 5.92 Å². The van der Waals surface area contributed by atoms with E-state index in [1.54, 1.807) is 0 Å². The zero-order chi connectivity index (χ0) is 11.5. The zero-order valence-electron chi connectivity index (χ0n) is 10.0. The highest BCUT2D eigenvalue weighted by molar-refractivity contribution is 6.30. The fourth-order valence-corrected chi connectivity index (χ4v) is 2.44. The summed E-state index contributed by atoms with van der Waals surface area (Å²) in [4.78, 5) is 0. The molecular weight excluding hydrogens is 218 g/mol. The molecule has 0 heterocycles. The van der Waals surface area contributed by atoms with Gasteiger partial charge in [0.05, 0.1) is 0 Å². The van der Waals surface area contributed by atoms with Gasteiger partial charge < -0.3 is 5.32 Å². The quantitative estimate of drug-likeness (QED) is 0.829. The van der Waals surface area contributed by atoms with Gasteiger partial charge in [0.1, 0.15) is 0 Å². The summed E-state index contributed by atoms with van der Waals surface area (Å²) in [6, 6.07) is 9.17. The second-order valence-corrected chi connectivity index (χ2v) is 5.36. The van der Waals surface area contributed by atoms with E-state index in [1.807, 2.05) is 12.1 Å². The molecule has 0 aromatic heterocycles. The van der Waals surface area contributed by atoms with Crippen LogP contribution in [-0.2, 0) is 0 Å². The maximum atomic E-state index is 5.88. The van der Waals surface area contributed by atoms with Crippen LogP contribution in [0.3, 0.4) is 0 Å². The first-order valence-corrected chi connectivity index (χ1v) is 6.56. The fraction of sp³-hybridized carbons (Fsp3) is 0.571. The van der Waals surface area contributed by atoms with Crippen LogP contribution in [0.4, 0.5) is 0 Å². The van der Waals surface area contributed by atoms with Crippen LogP contribution in [0.2, 0.25) is 5.02 Å². The van der Waals surface area contributed by atoms with Gasteiger partial charge in [0.25, 0.3) is 0 Å². The predicted octanol–water partition coefficient (Wildman–Crippen LogP) is 4.18. The van der Waals surface area contributed by atoms with Crippen molar-refractivity contribution in [1.82, 2.24) is 5.32 Å². The Kier molecular flexibility index (Phi) is 3.88. The lowest BCUT2D eigenvalue weighted by molar-refractivity contribution is 0.230. The first-order valence-electron chi connectivity index (χ1n) is 6.18. The topological polar surface area (TPSA) is 12.0 Å². The monoisotopic (exact) mass is 237 g/mol. The molecule has 1 nitrogen and oxygen atoms in total. The third kappa shape index (κ3) is 2.78. The molecule has 1 aliphatic carbocycles. The second-order valence-electron chi connectivity index (χ2n) is 4.92. The highest BCUT2D eigenvalue weighted by Gasteiger charge is 2.24. The molecule has 2 heteroatoms. The van der Waals surface area contributed by atoms with E-state index in [-0.39, 0.29) is 0 Å². The van der Waals surface area contributed by atoms with Crippen LogP contribution in [0.25, 0.3) is 0 Å². The van der Waals surface area contributed by atoms with Crippen molar-refractivity contribution < 1.29 is 0 Å². The Labute approximate surface area is 103 Å². The first kappa shape index (κ1) is 11.9. The summed E-state index contributed by atoms with van der Waals surface area (Å²) in [5.74, 6) is 0.884. The molecule has 2 rings (SSSR count). The summed E-state index contributed by atoms with van der Waals surface area (Å²) in [6.07, 6.45) is 4.19. The third-order valence-corrected chi connectivity index (χ3v) is 3.99. The number of benzene rings is 1. The number of nitrogens with one attached hydrogen (secondary N) is 1. The van der Waals surface area contributed by atoms with Gasteiger partial charge in [0, 0.05) is 17.1 Å². The van der Waals surface area contributed by atoms with Crippen molar-refractivity contribution in [1.29, 1.82) is 0 Å². The summed E-state index contributed by atoms with van der Waals surface area (Å²) in [5, 5.41) is 4.48. The lowest BCUT2D eigenvalue weighted by Gasteiger charge is -2.34. The maximum Gasteiger partial charge on any atom is 0.0406 e. The fourth-order valence-electron chi connectivity index (χ4n) is 2.32. The minimum absolute atomic E-state index is 0.410. The van der Waals surface area contributed by atoms with E-state index >= 15 is 0 Å². The summed E-state index contributed by atoms with van der Waals surface area (Å²) in [6.45, 7) is 4.52. The van der Waals surface area contributed by atoms with Gasteiger partial charge >= 0.3 is 0 Å². The van der Waals surface area contributed by atoms with Gasteiger partial charge in [-0.2, -0.15) is 0 Å². The van der Waals surface area contributed by atoms with E-state index in [0.717, 1.165) is 10.9 Å². The summed E-state index contributed by atoms with van der Waals surface area (Å²) in [7, 11) is 0. The first-order chi connectivity index (χ1) is 7.66. The van der Waals surface area contributed by atoms with Crippen molar-refractivity contribution in [3.05, 3.63) is 34.9 Å². The average molecular weight is 238 g/mol. The zero-order valence-corrected chi connectivity index (χ0v) is 10.8. The predicted molar refractivity (Wildman–Crippen MR) is 69.8 cm³/mol. The number of rotatable bonds is 4. The lowest BCUT2D eigenvalue weighted by Crippen LogP contribution is -2.38. The largest absolute Gasteiger partial charge is 0.307 e. The molecule has 0 saturated heterocycles. The van der Waals surface area contributed by atoms with Crippen molar-refractivity contribution in [3.8, 4) is 0 Å². The van der Waals surface area contributed by atoms with Gasteiger partial charge in [-0.05, 0) is 50.3 Å². The molecule has 1 saturated carbocycles. The second kappa shape index (κ2) is 5.20. The Balaban J connectivity index is 1.91. The van der Waals surface area contributed by atoms with Crippen molar-refractivity contribution in [2.75, 3.05) is 0 Å². The molecule has 0 bridgehead atoms. The molecule has 1 N–H and O–H groups in total. The number of hydrogen-bond donors (Lipinski definition) is 1. The summed E-state index contributed by atoms with van der Waals surface area (Å²) < 4.78 is 0. The Morgan fingerprint density at radius 2 is 1.81 bits per heavy atom. The van der Waals surface area contributed by atoms with Crippen LogP contribution in [0.15, 0.2) is 24.3 Å². The molecule has 2 unspecified atom stereocenters.